The molecule has 182 valence electrons. The van der Waals surface area contributed by atoms with E-state index in [1.54, 1.807) is 30.3 Å². The van der Waals surface area contributed by atoms with E-state index in [9.17, 15) is 19.6 Å². The number of benzene rings is 2. The molecule has 0 radical (unpaired) electrons. The van der Waals surface area contributed by atoms with Gasteiger partial charge >= 0.3 is 5.97 Å². The van der Waals surface area contributed by atoms with Crippen molar-refractivity contribution in [3.63, 3.8) is 0 Å². The van der Waals surface area contributed by atoms with Crippen LogP contribution < -0.4 is 9.47 Å². The van der Waals surface area contributed by atoms with E-state index in [1.807, 2.05) is 19.1 Å². The molecule has 0 aliphatic carbocycles. The first kappa shape index (κ1) is 26.6. The Bertz CT molecular complexity index is 1210. The lowest BCUT2D eigenvalue weighted by molar-refractivity contribution is -0.146. The van der Waals surface area contributed by atoms with Gasteiger partial charge in [-0.2, -0.15) is 5.26 Å². The number of carbonyl (C=O) groups is 3. The summed E-state index contributed by atoms with van der Waals surface area (Å²) in [5, 5.41) is 8.76. The standard InChI is InChI=1S/C25H23IN2O6S/c1-3-4-9-33-22(29)14-28-24(30)21(35-25(28)31)12-16-10-19(26)23(20(11-16)32-2)34-15-18-8-6-5-7-17(18)13-27/h5-8,10-12H,3-4,9,14-15H2,1-2H3/b21-12+. The van der Waals surface area contributed by atoms with Crippen LogP contribution in [0.3, 0.4) is 0 Å². The molecule has 2 amide bonds. The van der Waals surface area contributed by atoms with Crippen LogP contribution in [0, 0.1) is 14.9 Å². The molecular formula is C25H23IN2O6S. The third-order valence-electron chi connectivity index (χ3n) is 4.98. The van der Waals surface area contributed by atoms with Gasteiger partial charge in [-0.05, 0) is 70.6 Å². The van der Waals surface area contributed by atoms with Gasteiger partial charge in [-0.25, -0.2) is 0 Å². The Labute approximate surface area is 221 Å². The summed E-state index contributed by atoms with van der Waals surface area (Å²) in [6.07, 6.45) is 3.17. The molecule has 0 atom stereocenters. The highest BCUT2D eigenvalue weighted by molar-refractivity contribution is 14.1. The summed E-state index contributed by atoms with van der Waals surface area (Å²) in [6.45, 7) is 2.00. The zero-order valence-electron chi connectivity index (χ0n) is 19.2. The number of esters is 1. The molecule has 1 heterocycles. The second-order valence-electron chi connectivity index (χ2n) is 7.43. The van der Waals surface area contributed by atoms with Crippen LogP contribution in [0.15, 0.2) is 41.3 Å². The first-order valence-corrected chi connectivity index (χ1v) is 12.7. The number of halogens is 1. The molecule has 10 heteroatoms. The molecule has 0 bridgehead atoms. The average molecular weight is 606 g/mol. The zero-order valence-corrected chi connectivity index (χ0v) is 22.2. The molecule has 0 aromatic heterocycles. The van der Waals surface area contributed by atoms with Gasteiger partial charge in [-0.3, -0.25) is 19.3 Å². The number of imide groups is 1. The fourth-order valence-corrected chi connectivity index (χ4v) is 4.78. The number of hydrogen-bond donors (Lipinski definition) is 0. The monoisotopic (exact) mass is 606 g/mol. The minimum absolute atomic E-state index is 0.183. The maximum atomic E-state index is 12.7. The molecule has 0 spiro atoms. The molecule has 1 aliphatic rings. The van der Waals surface area contributed by atoms with Crippen molar-refractivity contribution in [3.05, 3.63) is 61.6 Å². The molecule has 0 unspecified atom stereocenters. The first-order valence-electron chi connectivity index (χ1n) is 10.8. The second-order valence-corrected chi connectivity index (χ2v) is 9.59. The molecule has 8 nitrogen and oxygen atoms in total. The van der Waals surface area contributed by atoms with E-state index in [0.29, 0.717) is 22.6 Å². The number of nitrogens with zero attached hydrogens (tertiary/aromatic N) is 2. The van der Waals surface area contributed by atoms with Crippen LogP contribution in [-0.2, 0) is 20.9 Å². The van der Waals surface area contributed by atoms with E-state index in [4.69, 9.17) is 14.2 Å². The molecule has 0 N–H and O–H groups in total. The Kier molecular flexibility index (Phi) is 9.56. The molecule has 3 rings (SSSR count). The van der Waals surface area contributed by atoms with Crippen LogP contribution in [0.4, 0.5) is 4.79 Å². The van der Waals surface area contributed by atoms with Crippen molar-refractivity contribution in [2.24, 2.45) is 0 Å². The fraction of sp³-hybridized carbons (Fsp3) is 0.280. The number of methoxy groups -OCH3 is 1. The maximum absolute atomic E-state index is 12.7. The van der Waals surface area contributed by atoms with E-state index in [2.05, 4.69) is 28.7 Å². The van der Waals surface area contributed by atoms with Crippen molar-refractivity contribution < 1.29 is 28.6 Å². The van der Waals surface area contributed by atoms with Crippen molar-refractivity contribution in [3.8, 4) is 17.6 Å². The topological polar surface area (TPSA) is 106 Å². The van der Waals surface area contributed by atoms with Crippen molar-refractivity contribution in [2.75, 3.05) is 20.3 Å². The number of carbonyl (C=O) groups excluding carboxylic acids is 3. The predicted octanol–water partition coefficient (Wildman–Crippen LogP) is 5.13. The minimum atomic E-state index is -0.613. The van der Waals surface area contributed by atoms with Crippen LogP contribution >= 0.6 is 34.4 Å². The highest BCUT2D eigenvalue weighted by Gasteiger charge is 2.36. The summed E-state index contributed by atoms with van der Waals surface area (Å²) in [5.74, 6) is -0.218. The highest BCUT2D eigenvalue weighted by atomic mass is 127. The Hall–Kier alpha value is -3.04. The van der Waals surface area contributed by atoms with Gasteiger partial charge in [0.2, 0.25) is 0 Å². The zero-order chi connectivity index (χ0) is 25.4. The van der Waals surface area contributed by atoms with Crippen LogP contribution in [0.25, 0.3) is 6.08 Å². The Morgan fingerprint density at radius 1 is 1.26 bits per heavy atom. The molecule has 1 saturated heterocycles. The number of thioether (sulfide) groups is 1. The normalized spacial score (nSPS) is 14.2. The number of hydrogen-bond acceptors (Lipinski definition) is 8. The van der Waals surface area contributed by atoms with Crippen LogP contribution in [0.2, 0.25) is 0 Å². The molecule has 2 aromatic carbocycles. The SMILES string of the molecule is CCCCOC(=O)CN1C(=O)S/C(=C/c2cc(I)c(OCc3ccccc3C#N)c(OC)c2)C1=O. The molecule has 1 fully saturated rings. The maximum Gasteiger partial charge on any atom is 0.326 e. The lowest BCUT2D eigenvalue weighted by Crippen LogP contribution is -2.34. The summed E-state index contributed by atoms with van der Waals surface area (Å²) in [6, 6.07) is 12.8. The van der Waals surface area contributed by atoms with E-state index < -0.39 is 23.7 Å². The van der Waals surface area contributed by atoms with Gasteiger partial charge in [-0.15, -0.1) is 0 Å². The van der Waals surface area contributed by atoms with E-state index in [-0.39, 0.29) is 18.1 Å². The average Bonchev–Trinajstić information content (AvgIpc) is 3.10. The summed E-state index contributed by atoms with van der Waals surface area (Å²) < 4.78 is 17.2. The highest BCUT2D eigenvalue weighted by Crippen LogP contribution is 2.37. The Morgan fingerprint density at radius 2 is 2.03 bits per heavy atom. The van der Waals surface area contributed by atoms with Crippen molar-refractivity contribution in [1.82, 2.24) is 4.90 Å². The fourth-order valence-electron chi connectivity index (χ4n) is 3.16. The first-order chi connectivity index (χ1) is 16.9. The third kappa shape index (κ3) is 6.76. The Balaban J connectivity index is 1.75. The molecule has 2 aromatic rings. The molecule has 1 aliphatic heterocycles. The number of amides is 2. The third-order valence-corrected chi connectivity index (χ3v) is 6.69. The van der Waals surface area contributed by atoms with E-state index >= 15 is 0 Å². The number of nitriles is 1. The van der Waals surface area contributed by atoms with Crippen LogP contribution in [-0.4, -0.2) is 42.3 Å². The van der Waals surface area contributed by atoms with Crippen LogP contribution in [0.5, 0.6) is 11.5 Å². The Morgan fingerprint density at radius 3 is 2.74 bits per heavy atom. The summed E-state index contributed by atoms with van der Waals surface area (Å²) in [4.78, 5) is 38.1. The second kappa shape index (κ2) is 12.6. The van der Waals surface area contributed by atoms with Crippen LogP contribution in [0.1, 0.15) is 36.5 Å². The summed E-state index contributed by atoms with van der Waals surface area (Å²) in [7, 11) is 1.50. The van der Waals surface area contributed by atoms with Gasteiger partial charge in [0.25, 0.3) is 11.1 Å². The van der Waals surface area contributed by atoms with Gasteiger partial charge in [-0.1, -0.05) is 31.5 Å². The number of ether oxygens (including phenoxy) is 3. The quantitative estimate of drug-likeness (QED) is 0.159. The van der Waals surface area contributed by atoms with Gasteiger partial charge in [0, 0.05) is 5.56 Å². The molecular weight excluding hydrogens is 583 g/mol. The van der Waals surface area contributed by atoms with Crippen molar-refractivity contribution >= 4 is 57.5 Å². The minimum Gasteiger partial charge on any atom is -0.493 e. The van der Waals surface area contributed by atoms with Crippen molar-refractivity contribution in [1.29, 1.82) is 5.26 Å². The lowest BCUT2D eigenvalue weighted by atomic mass is 10.1. The largest absolute Gasteiger partial charge is 0.493 e. The summed E-state index contributed by atoms with van der Waals surface area (Å²) in [5.41, 5.74) is 1.91. The predicted molar refractivity (Wildman–Crippen MR) is 140 cm³/mol. The van der Waals surface area contributed by atoms with Gasteiger partial charge in [0.15, 0.2) is 11.5 Å². The van der Waals surface area contributed by atoms with E-state index in [1.165, 1.54) is 7.11 Å². The van der Waals surface area contributed by atoms with Crippen molar-refractivity contribution in [2.45, 2.75) is 26.4 Å². The number of rotatable bonds is 10. The lowest BCUT2D eigenvalue weighted by Gasteiger charge is -2.14. The molecule has 0 saturated carbocycles. The smallest absolute Gasteiger partial charge is 0.326 e. The van der Waals surface area contributed by atoms with Gasteiger partial charge < -0.3 is 14.2 Å². The summed E-state index contributed by atoms with van der Waals surface area (Å²) >= 11 is 2.87. The van der Waals surface area contributed by atoms with Gasteiger partial charge in [0.1, 0.15) is 13.2 Å². The van der Waals surface area contributed by atoms with E-state index in [0.717, 1.165) is 38.6 Å². The number of unbranched alkanes of at least 4 members (excludes halogenated alkanes) is 1. The molecule has 35 heavy (non-hydrogen) atoms. The van der Waals surface area contributed by atoms with Gasteiger partial charge in [0.05, 0.1) is 33.8 Å².